The molecule has 1 fully saturated rings. The number of rotatable bonds is 4. The summed E-state index contributed by atoms with van der Waals surface area (Å²) in [6, 6.07) is 5.42. The van der Waals surface area contributed by atoms with E-state index in [1.54, 1.807) is 18.2 Å². The van der Waals surface area contributed by atoms with Crippen molar-refractivity contribution in [3.63, 3.8) is 0 Å². The lowest BCUT2D eigenvalue weighted by Gasteiger charge is -2.34. The summed E-state index contributed by atoms with van der Waals surface area (Å²) in [5.41, 5.74) is 6.99. The normalized spacial score (nSPS) is 16.1. The average molecular weight is 276 g/mol. The predicted molar refractivity (Wildman–Crippen MR) is 79.8 cm³/mol. The van der Waals surface area contributed by atoms with Gasteiger partial charge in [0.05, 0.1) is 0 Å². The molecule has 4 nitrogen and oxygen atoms in total. The van der Waals surface area contributed by atoms with Crippen LogP contribution in [0.2, 0.25) is 0 Å². The molecule has 0 atom stereocenters. The zero-order valence-electron chi connectivity index (χ0n) is 12.1. The zero-order valence-corrected chi connectivity index (χ0v) is 12.1. The molecule has 1 aliphatic carbocycles. The van der Waals surface area contributed by atoms with Crippen molar-refractivity contribution in [1.29, 1.82) is 0 Å². The van der Waals surface area contributed by atoms with Crippen molar-refractivity contribution in [1.82, 2.24) is 4.90 Å². The first-order valence-electron chi connectivity index (χ1n) is 7.44. The van der Waals surface area contributed by atoms with E-state index in [-0.39, 0.29) is 11.7 Å². The number of aryl methyl sites for hydroxylation is 1. The van der Waals surface area contributed by atoms with Gasteiger partial charge < -0.3 is 15.7 Å². The molecular weight excluding hydrogens is 252 g/mol. The van der Waals surface area contributed by atoms with Crippen LogP contribution in [0.25, 0.3) is 0 Å². The van der Waals surface area contributed by atoms with E-state index >= 15 is 0 Å². The molecule has 110 valence electrons. The van der Waals surface area contributed by atoms with Crippen molar-refractivity contribution in [2.75, 3.05) is 13.1 Å². The number of nitrogens with zero attached hydrogens (tertiary/aromatic N) is 1. The third kappa shape index (κ3) is 3.31. The Hall–Kier alpha value is -1.55. The molecule has 1 amide bonds. The summed E-state index contributed by atoms with van der Waals surface area (Å²) in [7, 11) is 0. The Morgan fingerprint density at radius 1 is 1.35 bits per heavy atom. The van der Waals surface area contributed by atoms with Gasteiger partial charge in [0.15, 0.2) is 0 Å². The lowest BCUT2D eigenvalue weighted by molar-refractivity contribution is 0.0641. The Morgan fingerprint density at radius 3 is 2.65 bits per heavy atom. The van der Waals surface area contributed by atoms with Crippen LogP contribution in [0.1, 0.15) is 48.0 Å². The Bertz CT molecular complexity index is 468. The highest BCUT2D eigenvalue weighted by Gasteiger charge is 2.25. The lowest BCUT2D eigenvalue weighted by Crippen LogP contribution is -2.44. The van der Waals surface area contributed by atoms with E-state index < -0.39 is 0 Å². The predicted octanol–water partition coefficient (Wildman–Crippen LogP) is 2.43. The summed E-state index contributed by atoms with van der Waals surface area (Å²) >= 11 is 0. The van der Waals surface area contributed by atoms with Gasteiger partial charge in [-0.25, -0.2) is 0 Å². The monoisotopic (exact) mass is 276 g/mol. The number of hydrogen-bond acceptors (Lipinski definition) is 3. The van der Waals surface area contributed by atoms with Gasteiger partial charge in [0, 0.05) is 24.7 Å². The van der Waals surface area contributed by atoms with Gasteiger partial charge in [-0.3, -0.25) is 4.79 Å². The molecule has 0 unspecified atom stereocenters. The first-order valence-corrected chi connectivity index (χ1v) is 7.44. The van der Waals surface area contributed by atoms with Crippen LogP contribution in [-0.2, 0) is 0 Å². The van der Waals surface area contributed by atoms with Crippen LogP contribution >= 0.6 is 0 Å². The fourth-order valence-corrected chi connectivity index (χ4v) is 2.89. The summed E-state index contributed by atoms with van der Waals surface area (Å²) in [4.78, 5) is 14.5. The molecule has 1 saturated carbocycles. The largest absolute Gasteiger partial charge is 0.508 e. The second-order valence-electron chi connectivity index (χ2n) is 5.58. The van der Waals surface area contributed by atoms with Crippen molar-refractivity contribution >= 4 is 5.91 Å². The fourth-order valence-electron chi connectivity index (χ4n) is 2.89. The molecule has 1 aromatic carbocycles. The standard InChI is InChI=1S/C16H24N2O2/c1-12-7-8-13(11-15(12)19)16(20)18(10-9-17)14-5-3-2-4-6-14/h7-8,11,14,19H,2-6,9-10,17H2,1H3. The van der Waals surface area contributed by atoms with Gasteiger partial charge >= 0.3 is 0 Å². The molecule has 20 heavy (non-hydrogen) atoms. The van der Waals surface area contributed by atoms with Crippen molar-refractivity contribution in [3.05, 3.63) is 29.3 Å². The minimum Gasteiger partial charge on any atom is -0.508 e. The van der Waals surface area contributed by atoms with Crippen LogP contribution in [0, 0.1) is 6.92 Å². The number of carbonyl (C=O) groups excluding carboxylic acids is 1. The molecule has 3 N–H and O–H groups in total. The first kappa shape index (κ1) is 14.9. The number of benzene rings is 1. The third-order valence-electron chi connectivity index (χ3n) is 4.10. The minimum atomic E-state index is -0.0161. The summed E-state index contributed by atoms with van der Waals surface area (Å²) in [6.07, 6.45) is 5.73. The number of nitrogens with two attached hydrogens (primary N) is 1. The van der Waals surface area contributed by atoms with E-state index in [0.717, 1.165) is 18.4 Å². The Morgan fingerprint density at radius 2 is 2.05 bits per heavy atom. The van der Waals surface area contributed by atoms with Crippen LogP contribution in [0.4, 0.5) is 0 Å². The average Bonchev–Trinajstić information content (AvgIpc) is 2.48. The van der Waals surface area contributed by atoms with Gasteiger partial charge in [-0.1, -0.05) is 25.3 Å². The smallest absolute Gasteiger partial charge is 0.254 e. The second-order valence-corrected chi connectivity index (χ2v) is 5.58. The van der Waals surface area contributed by atoms with Crippen molar-refractivity contribution in [2.24, 2.45) is 5.73 Å². The third-order valence-corrected chi connectivity index (χ3v) is 4.10. The molecule has 4 heteroatoms. The molecule has 2 rings (SSSR count). The molecule has 0 saturated heterocycles. The SMILES string of the molecule is Cc1ccc(C(=O)N(CCN)C2CCCCC2)cc1O. The van der Waals surface area contributed by atoms with E-state index in [0.29, 0.717) is 24.7 Å². The van der Waals surface area contributed by atoms with Crippen LogP contribution in [0.3, 0.4) is 0 Å². The van der Waals surface area contributed by atoms with E-state index in [9.17, 15) is 9.90 Å². The summed E-state index contributed by atoms with van der Waals surface area (Å²) in [6.45, 7) is 2.88. The fraction of sp³-hybridized carbons (Fsp3) is 0.562. The van der Waals surface area contributed by atoms with Crippen LogP contribution in [0.5, 0.6) is 5.75 Å². The van der Waals surface area contributed by atoms with E-state index in [1.807, 2.05) is 11.8 Å². The van der Waals surface area contributed by atoms with Gasteiger partial charge in [0.2, 0.25) is 0 Å². The zero-order chi connectivity index (χ0) is 14.5. The molecule has 0 bridgehead atoms. The maximum atomic E-state index is 12.7. The van der Waals surface area contributed by atoms with Crippen molar-refractivity contribution < 1.29 is 9.90 Å². The summed E-state index contributed by atoms with van der Waals surface area (Å²) in [5.74, 6) is 0.157. The minimum absolute atomic E-state index is 0.0161. The van der Waals surface area contributed by atoms with Gasteiger partial charge in [0.25, 0.3) is 5.91 Å². The quantitative estimate of drug-likeness (QED) is 0.887. The number of amides is 1. The molecule has 0 aromatic heterocycles. The maximum Gasteiger partial charge on any atom is 0.254 e. The van der Waals surface area contributed by atoms with Gasteiger partial charge in [0.1, 0.15) is 5.75 Å². The molecular formula is C16H24N2O2. The Kier molecular flexibility index (Phi) is 5.01. The van der Waals surface area contributed by atoms with Crippen LogP contribution in [0.15, 0.2) is 18.2 Å². The molecule has 0 radical (unpaired) electrons. The van der Waals surface area contributed by atoms with E-state index in [1.165, 1.54) is 19.3 Å². The highest BCUT2D eigenvalue weighted by molar-refractivity contribution is 5.95. The van der Waals surface area contributed by atoms with E-state index in [2.05, 4.69) is 0 Å². The topological polar surface area (TPSA) is 66.6 Å². The van der Waals surface area contributed by atoms with Gasteiger partial charge in [-0.15, -0.1) is 0 Å². The molecule has 0 heterocycles. The van der Waals surface area contributed by atoms with Crippen LogP contribution in [-0.4, -0.2) is 35.0 Å². The van der Waals surface area contributed by atoms with E-state index in [4.69, 9.17) is 5.73 Å². The summed E-state index contributed by atoms with van der Waals surface area (Å²) < 4.78 is 0. The highest BCUT2D eigenvalue weighted by atomic mass is 16.3. The number of hydrogen-bond donors (Lipinski definition) is 2. The molecule has 0 spiro atoms. The summed E-state index contributed by atoms with van der Waals surface area (Å²) in [5, 5.41) is 9.78. The maximum absolute atomic E-state index is 12.7. The number of aromatic hydroxyl groups is 1. The number of phenols is 1. The second kappa shape index (κ2) is 6.75. The molecule has 0 aliphatic heterocycles. The van der Waals surface area contributed by atoms with Gasteiger partial charge in [-0.2, -0.15) is 0 Å². The van der Waals surface area contributed by atoms with Crippen molar-refractivity contribution in [2.45, 2.75) is 45.1 Å². The van der Waals surface area contributed by atoms with Gasteiger partial charge in [-0.05, 0) is 37.5 Å². The number of carbonyl (C=O) groups is 1. The molecule has 1 aliphatic rings. The van der Waals surface area contributed by atoms with Crippen LogP contribution < -0.4 is 5.73 Å². The number of phenolic OH excluding ortho intramolecular Hbond substituents is 1. The highest BCUT2D eigenvalue weighted by Crippen LogP contribution is 2.25. The molecule has 1 aromatic rings. The Labute approximate surface area is 120 Å². The van der Waals surface area contributed by atoms with Crippen molar-refractivity contribution in [3.8, 4) is 5.75 Å². The first-order chi connectivity index (χ1) is 9.63. The lowest BCUT2D eigenvalue weighted by atomic mass is 9.93. The Balaban J connectivity index is 2.18.